The summed E-state index contributed by atoms with van der Waals surface area (Å²) in [5, 5.41) is 11.7. The fourth-order valence-electron chi connectivity index (χ4n) is 4.98. The second-order valence-corrected chi connectivity index (χ2v) is 10.8. The highest BCUT2D eigenvalue weighted by Crippen LogP contribution is 2.36. The fourth-order valence-corrected chi connectivity index (χ4v) is 5.93. The molecule has 5 aromatic rings. The maximum Gasteiger partial charge on any atom is 0.266 e. The van der Waals surface area contributed by atoms with Crippen LogP contribution in [0, 0.1) is 6.92 Å². The van der Waals surface area contributed by atoms with Crippen LogP contribution in [-0.2, 0) is 6.42 Å². The number of thiazole rings is 1. The van der Waals surface area contributed by atoms with Gasteiger partial charge < -0.3 is 9.32 Å². The predicted molar refractivity (Wildman–Crippen MR) is 149 cm³/mol. The Hall–Kier alpha value is -4.24. The Morgan fingerprint density at radius 3 is 2.64 bits per heavy atom. The average Bonchev–Trinajstić information content (AvgIpc) is 3.74. The molecule has 0 bridgehead atoms. The summed E-state index contributed by atoms with van der Waals surface area (Å²) in [7, 11) is 0. The number of benzene rings is 1. The van der Waals surface area contributed by atoms with Crippen LogP contribution >= 0.6 is 11.3 Å². The van der Waals surface area contributed by atoms with Crippen molar-refractivity contribution in [1.82, 2.24) is 30.0 Å². The quantitative estimate of drug-likeness (QED) is 0.241. The van der Waals surface area contributed by atoms with Crippen LogP contribution in [0.1, 0.15) is 64.2 Å². The number of aryl methyl sites for hydroxylation is 1. The minimum atomic E-state index is -0.0542. The van der Waals surface area contributed by atoms with Gasteiger partial charge in [0.1, 0.15) is 10.7 Å². The molecule has 1 aliphatic heterocycles. The summed E-state index contributed by atoms with van der Waals surface area (Å²) in [5.41, 5.74) is 4.69. The molecule has 39 heavy (non-hydrogen) atoms. The van der Waals surface area contributed by atoms with Crippen molar-refractivity contribution in [3.63, 3.8) is 0 Å². The summed E-state index contributed by atoms with van der Waals surface area (Å²) < 4.78 is 6.12. The first-order valence-corrected chi connectivity index (χ1v) is 14.0. The molecule has 5 heterocycles. The zero-order valence-electron chi connectivity index (χ0n) is 21.8. The molecule has 1 unspecified atom stereocenters. The summed E-state index contributed by atoms with van der Waals surface area (Å²) >= 11 is 1.61. The van der Waals surface area contributed by atoms with Gasteiger partial charge in [-0.3, -0.25) is 9.78 Å². The largest absolute Gasteiger partial charge is 0.419 e. The molecule has 9 heteroatoms. The number of carbonyl (C=O) groups is 1. The average molecular weight is 537 g/mol. The number of hydrogen-bond acceptors (Lipinski definition) is 8. The predicted octanol–water partition coefficient (Wildman–Crippen LogP) is 6.28. The lowest BCUT2D eigenvalue weighted by Gasteiger charge is -2.23. The van der Waals surface area contributed by atoms with Crippen LogP contribution in [0.15, 0.2) is 76.8 Å². The summed E-state index contributed by atoms with van der Waals surface area (Å²) in [6.07, 6.45) is 6.05. The van der Waals surface area contributed by atoms with Crippen molar-refractivity contribution in [3.8, 4) is 22.8 Å². The number of rotatable bonds is 7. The molecule has 8 nitrogen and oxygen atoms in total. The maximum absolute atomic E-state index is 13.9. The molecule has 0 spiro atoms. The number of aromatic nitrogens is 5. The molecule has 1 amide bonds. The van der Waals surface area contributed by atoms with Crippen LogP contribution in [0.2, 0.25) is 0 Å². The van der Waals surface area contributed by atoms with E-state index in [0.717, 1.165) is 35.5 Å². The van der Waals surface area contributed by atoms with Crippen molar-refractivity contribution in [3.05, 3.63) is 100 Å². The van der Waals surface area contributed by atoms with E-state index in [0.29, 0.717) is 35.3 Å². The van der Waals surface area contributed by atoms with Crippen LogP contribution in [0.5, 0.6) is 0 Å². The first-order valence-electron chi connectivity index (χ1n) is 13.1. The lowest BCUT2D eigenvalue weighted by molar-refractivity contribution is 0.0735. The van der Waals surface area contributed by atoms with Crippen molar-refractivity contribution in [2.24, 2.45) is 0 Å². The van der Waals surface area contributed by atoms with E-state index < -0.39 is 0 Å². The molecule has 196 valence electrons. The molecule has 1 aliphatic rings. The van der Waals surface area contributed by atoms with Gasteiger partial charge in [0.15, 0.2) is 0 Å². The first kappa shape index (κ1) is 25.1. The Morgan fingerprint density at radius 2 is 1.87 bits per heavy atom. The Kier molecular flexibility index (Phi) is 6.98. The molecule has 2 atom stereocenters. The van der Waals surface area contributed by atoms with Gasteiger partial charge in [-0.15, -0.1) is 21.5 Å². The highest BCUT2D eigenvalue weighted by atomic mass is 32.1. The van der Waals surface area contributed by atoms with Gasteiger partial charge in [0.25, 0.3) is 11.8 Å². The van der Waals surface area contributed by atoms with Gasteiger partial charge in [-0.05, 0) is 56.0 Å². The standard InChI is InChI=1S/C30H28N6O2S/c1-19(15-21-7-4-3-5-8-21)27-34-35-28(38-27)25-17-23(16-24(33-25)22-10-12-31-13-11-22)30(37)36-14-6-9-26(36)29-32-20(2)18-39-29/h3-5,7-8,10-13,16-19,26H,6,9,14-15H2,1-2H3/t19?,26-/m1/s1. The third-order valence-corrected chi connectivity index (χ3v) is 8.01. The topological polar surface area (TPSA) is 97.9 Å². The Balaban J connectivity index is 1.34. The van der Waals surface area contributed by atoms with Gasteiger partial charge >= 0.3 is 0 Å². The second-order valence-electron chi connectivity index (χ2n) is 9.88. The number of pyridine rings is 2. The number of likely N-dealkylation sites (tertiary alicyclic amines) is 1. The third kappa shape index (κ3) is 5.35. The zero-order chi connectivity index (χ0) is 26.8. The molecular weight excluding hydrogens is 508 g/mol. The number of amides is 1. The summed E-state index contributed by atoms with van der Waals surface area (Å²) in [5.74, 6) is 0.812. The molecule has 0 radical (unpaired) electrons. The zero-order valence-corrected chi connectivity index (χ0v) is 22.6. The first-order chi connectivity index (χ1) is 19.0. The van der Waals surface area contributed by atoms with Crippen LogP contribution < -0.4 is 0 Å². The van der Waals surface area contributed by atoms with Crippen molar-refractivity contribution < 1.29 is 9.21 Å². The highest BCUT2D eigenvalue weighted by molar-refractivity contribution is 7.09. The fraction of sp³-hybridized carbons (Fsp3) is 0.267. The summed E-state index contributed by atoms with van der Waals surface area (Å²) in [6.45, 7) is 4.73. The molecule has 1 aromatic carbocycles. The highest BCUT2D eigenvalue weighted by Gasteiger charge is 2.33. The van der Waals surface area contributed by atoms with Crippen LogP contribution in [-0.4, -0.2) is 42.5 Å². The monoisotopic (exact) mass is 536 g/mol. The van der Waals surface area contributed by atoms with Gasteiger partial charge in [-0.1, -0.05) is 37.3 Å². The molecule has 0 saturated carbocycles. The SMILES string of the molecule is Cc1csc([C@H]2CCCN2C(=O)c2cc(-c3ccncc3)nc(-c3nnc(C(C)Cc4ccccc4)o3)c2)n1. The van der Waals surface area contributed by atoms with E-state index in [4.69, 9.17) is 9.40 Å². The number of hydrogen-bond donors (Lipinski definition) is 0. The minimum absolute atomic E-state index is 0.0222. The summed E-state index contributed by atoms with van der Waals surface area (Å²) in [4.78, 5) is 29.5. The van der Waals surface area contributed by atoms with Crippen LogP contribution in [0.3, 0.4) is 0 Å². The molecular formula is C30H28N6O2S. The van der Waals surface area contributed by atoms with Gasteiger partial charge in [-0.2, -0.15) is 0 Å². The normalized spacial score (nSPS) is 15.9. The molecule has 0 N–H and O–H groups in total. The van der Waals surface area contributed by atoms with E-state index in [9.17, 15) is 4.79 Å². The maximum atomic E-state index is 13.9. The van der Waals surface area contributed by atoms with Gasteiger partial charge in [-0.25, -0.2) is 9.97 Å². The molecule has 6 rings (SSSR count). The Morgan fingerprint density at radius 1 is 1.08 bits per heavy atom. The molecule has 1 saturated heterocycles. The van der Waals surface area contributed by atoms with E-state index in [-0.39, 0.29) is 17.9 Å². The van der Waals surface area contributed by atoms with E-state index in [1.807, 2.05) is 53.6 Å². The van der Waals surface area contributed by atoms with Crippen molar-refractivity contribution in [1.29, 1.82) is 0 Å². The lowest BCUT2D eigenvalue weighted by Crippen LogP contribution is -2.30. The van der Waals surface area contributed by atoms with Gasteiger partial charge in [0.2, 0.25) is 5.89 Å². The van der Waals surface area contributed by atoms with Gasteiger partial charge in [0.05, 0.1) is 11.7 Å². The molecule has 0 aliphatic carbocycles. The smallest absolute Gasteiger partial charge is 0.266 e. The van der Waals surface area contributed by atoms with Crippen LogP contribution in [0.25, 0.3) is 22.8 Å². The number of nitrogens with zero attached hydrogens (tertiary/aromatic N) is 6. The Labute approximate surface area is 230 Å². The minimum Gasteiger partial charge on any atom is -0.419 e. The summed E-state index contributed by atoms with van der Waals surface area (Å²) in [6, 6.07) is 17.5. The molecule has 4 aromatic heterocycles. The van der Waals surface area contributed by atoms with Gasteiger partial charge in [0, 0.05) is 47.1 Å². The Bertz CT molecular complexity index is 1580. The van der Waals surface area contributed by atoms with Crippen molar-refractivity contribution in [2.45, 2.75) is 45.1 Å². The van der Waals surface area contributed by atoms with Crippen molar-refractivity contribution >= 4 is 17.2 Å². The van der Waals surface area contributed by atoms with E-state index >= 15 is 0 Å². The van der Waals surface area contributed by atoms with E-state index in [1.165, 1.54) is 5.56 Å². The lowest BCUT2D eigenvalue weighted by atomic mass is 10.0. The molecule has 1 fully saturated rings. The van der Waals surface area contributed by atoms with E-state index in [1.54, 1.807) is 29.8 Å². The third-order valence-electron chi connectivity index (χ3n) is 6.95. The van der Waals surface area contributed by atoms with E-state index in [2.05, 4.69) is 39.2 Å². The second kappa shape index (κ2) is 10.9. The van der Waals surface area contributed by atoms with Crippen molar-refractivity contribution in [2.75, 3.05) is 6.54 Å². The number of carbonyl (C=O) groups excluding carboxylic acids is 1. The van der Waals surface area contributed by atoms with Crippen LogP contribution in [0.4, 0.5) is 0 Å².